The van der Waals surface area contributed by atoms with Gasteiger partial charge in [-0.15, -0.1) is 0 Å². The second kappa shape index (κ2) is 11.0. The largest absolute Gasteiger partial charge is 0.444 e. The van der Waals surface area contributed by atoms with Gasteiger partial charge in [0.05, 0.1) is 12.6 Å². The molecular formula is C33H36F2N4O2. The van der Waals surface area contributed by atoms with Crippen LogP contribution in [0, 0.1) is 0 Å². The minimum Gasteiger partial charge on any atom is -0.444 e. The van der Waals surface area contributed by atoms with Crippen molar-refractivity contribution in [2.24, 2.45) is 9.98 Å². The van der Waals surface area contributed by atoms with Crippen molar-refractivity contribution in [3.05, 3.63) is 72.1 Å². The van der Waals surface area contributed by atoms with Gasteiger partial charge in [-0.3, -0.25) is 14.9 Å². The number of alkyl halides is 2. The van der Waals surface area contributed by atoms with Crippen molar-refractivity contribution in [3.8, 4) is 11.1 Å². The summed E-state index contributed by atoms with van der Waals surface area (Å²) in [6.45, 7) is 5.87. The van der Waals surface area contributed by atoms with Crippen molar-refractivity contribution in [2.45, 2.75) is 76.5 Å². The molecule has 41 heavy (non-hydrogen) atoms. The van der Waals surface area contributed by atoms with Gasteiger partial charge in [-0.1, -0.05) is 48.5 Å². The zero-order valence-corrected chi connectivity index (χ0v) is 23.7. The third-order valence-electron chi connectivity index (χ3n) is 8.10. The first kappa shape index (κ1) is 27.5. The van der Waals surface area contributed by atoms with Gasteiger partial charge in [0.2, 0.25) is 0 Å². The number of ether oxygens (including phenoxy) is 1. The Hall–Kier alpha value is -3.65. The maximum Gasteiger partial charge on any atom is 0.410 e. The summed E-state index contributed by atoms with van der Waals surface area (Å²) in [6.07, 6.45) is 3.44. The summed E-state index contributed by atoms with van der Waals surface area (Å²) in [5, 5.41) is 3.22. The highest BCUT2D eigenvalue weighted by molar-refractivity contribution is 6.03. The van der Waals surface area contributed by atoms with E-state index in [1.54, 1.807) is 0 Å². The van der Waals surface area contributed by atoms with Gasteiger partial charge in [0, 0.05) is 62.1 Å². The minimum absolute atomic E-state index is 0.0319. The zero-order chi connectivity index (χ0) is 28.7. The first-order chi connectivity index (χ1) is 19.6. The molecule has 0 radical (unpaired) electrons. The SMILES string of the molecule is CC(C)(C)OC(=O)N1C[C@@H](F)C[C@H]1C1=NC=C(c2ccc(-c3ccc(C4=CN=C([C@@H]5C[C@H](F)CN5)C4)cc3)cc2)C1. The van der Waals surface area contributed by atoms with Gasteiger partial charge in [0.1, 0.15) is 17.9 Å². The number of nitrogens with zero attached hydrogens (tertiary/aromatic N) is 3. The molecule has 0 saturated carbocycles. The monoisotopic (exact) mass is 558 g/mol. The Bertz CT molecular complexity index is 1440. The lowest BCUT2D eigenvalue weighted by atomic mass is 9.95. The summed E-state index contributed by atoms with van der Waals surface area (Å²) in [7, 11) is 0. The normalized spacial score (nSPS) is 26.1. The minimum atomic E-state index is -1.09. The molecule has 8 heteroatoms. The van der Waals surface area contributed by atoms with E-state index in [4.69, 9.17) is 4.74 Å². The Kier molecular flexibility index (Phi) is 7.36. The Morgan fingerprint density at radius 1 is 0.829 bits per heavy atom. The predicted octanol–water partition coefficient (Wildman–Crippen LogP) is 6.77. The first-order valence-corrected chi connectivity index (χ1v) is 14.4. The van der Waals surface area contributed by atoms with E-state index in [-0.39, 0.29) is 19.0 Å². The first-order valence-electron chi connectivity index (χ1n) is 14.4. The topological polar surface area (TPSA) is 66.3 Å². The van der Waals surface area contributed by atoms with Crippen LogP contribution in [0.2, 0.25) is 0 Å². The van der Waals surface area contributed by atoms with Crippen LogP contribution in [0.3, 0.4) is 0 Å². The summed E-state index contributed by atoms with van der Waals surface area (Å²) in [5.74, 6) is 0. The van der Waals surface area contributed by atoms with Crippen LogP contribution < -0.4 is 5.32 Å². The molecule has 0 unspecified atom stereocenters. The average Bonchev–Trinajstić information content (AvgIpc) is 3.74. The molecule has 0 bridgehead atoms. The van der Waals surface area contributed by atoms with Gasteiger partial charge in [0.15, 0.2) is 0 Å². The van der Waals surface area contributed by atoms with Crippen molar-refractivity contribution < 1.29 is 18.3 Å². The molecule has 4 heterocycles. The molecule has 0 spiro atoms. The molecule has 1 amide bonds. The highest BCUT2D eigenvalue weighted by atomic mass is 19.1. The Morgan fingerprint density at radius 3 is 1.90 bits per heavy atom. The number of carbonyl (C=O) groups is 1. The third-order valence-corrected chi connectivity index (χ3v) is 8.10. The van der Waals surface area contributed by atoms with Crippen molar-refractivity contribution >= 4 is 28.7 Å². The van der Waals surface area contributed by atoms with E-state index >= 15 is 0 Å². The molecule has 6 rings (SSSR count). The van der Waals surface area contributed by atoms with Gasteiger partial charge in [-0.2, -0.15) is 0 Å². The summed E-state index contributed by atoms with van der Waals surface area (Å²) < 4.78 is 33.4. The van der Waals surface area contributed by atoms with Gasteiger partial charge < -0.3 is 10.1 Å². The fourth-order valence-corrected chi connectivity index (χ4v) is 5.99. The quantitative estimate of drug-likeness (QED) is 0.440. The number of benzene rings is 2. The number of halogens is 2. The van der Waals surface area contributed by atoms with Crippen molar-refractivity contribution in [1.29, 1.82) is 0 Å². The molecule has 4 atom stereocenters. The van der Waals surface area contributed by atoms with Crippen LogP contribution >= 0.6 is 0 Å². The summed E-state index contributed by atoms with van der Waals surface area (Å²) in [6, 6.07) is 16.5. The van der Waals surface area contributed by atoms with E-state index in [1.807, 2.05) is 33.2 Å². The number of rotatable bonds is 5. The van der Waals surface area contributed by atoms with Gasteiger partial charge in [-0.05, 0) is 54.2 Å². The summed E-state index contributed by atoms with van der Waals surface area (Å²) in [4.78, 5) is 23.4. The van der Waals surface area contributed by atoms with Crippen LogP contribution in [0.15, 0.2) is 70.9 Å². The van der Waals surface area contributed by atoms with E-state index in [2.05, 4.69) is 63.8 Å². The van der Waals surface area contributed by atoms with E-state index < -0.39 is 30.1 Å². The Balaban J connectivity index is 1.06. The standard InChI is InChI=1S/C33H36F2N4O2/c1-33(2,3)41-32(40)39-19-27(35)15-31(39)30-13-25(17-37-30)23-10-6-21(7-11-23)20-4-8-22(9-5-20)24-12-28(36-16-24)29-14-26(34)18-38-29/h4-11,16-17,26-27,29,31,38H,12-15,18-19H2,1-3H3/t26-,27-,29-,31-/m0/s1. The molecule has 4 aliphatic heterocycles. The number of allylic oxidation sites excluding steroid dienone is 2. The average molecular weight is 559 g/mol. The number of aliphatic imine (C=N–C) groups is 2. The summed E-state index contributed by atoms with van der Waals surface area (Å²) in [5.41, 5.74) is 7.78. The summed E-state index contributed by atoms with van der Waals surface area (Å²) >= 11 is 0. The van der Waals surface area contributed by atoms with E-state index in [9.17, 15) is 13.6 Å². The van der Waals surface area contributed by atoms with Crippen LogP contribution in [0.5, 0.6) is 0 Å². The second-order valence-electron chi connectivity index (χ2n) is 12.3. The number of hydrogen-bond donors (Lipinski definition) is 1. The Morgan fingerprint density at radius 2 is 1.37 bits per heavy atom. The molecule has 2 fully saturated rings. The molecule has 2 aromatic carbocycles. The van der Waals surface area contributed by atoms with E-state index in [0.29, 0.717) is 19.4 Å². The number of likely N-dealkylation sites (tertiary alicyclic amines) is 1. The van der Waals surface area contributed by atoms with Crippen LogP contribution in [0.4, 0.5) is 13.6 Å². The van der Waals surface area contributed by atoms with Crippen molar-refractivity contribution in [3.63, 3.8) is 0 Å². The van der Waals surface area contributed by atoms with Gasteiger partial charge in [0.25, 0.3) is 0 Å². The Labute approximate surface area is 239 Å². The van der Waals surface area contributed by atoms with Crippen LogP contribution in [0.1, 0.15) is 57.6 Å². The molecule has 214 valence electrons. The molecule has 0 aliphatic carbocycles. The molecular weight excluding hydrogens is 522 g/mol. The fourth-order valence-electron chi connectivity index (χ4n) is 5.99. The maximum absolute atomic E-state index is 14.4. The second-order valence-corrected chi connectivity index (χ2v) is 12.3. The number of nitrogens with one attached hydrogen (secondary N) is 1. The fraction of sp³-hybridized carbons (Fsp3) is 0.424. The lowest BCUT2D eigenvalue weighted by Crippen LogP contribution is -2.43. The molecule has 2 saturated heterocycles. The molecule has 2 aromatic rings. The van der Waals surface area contributed by atoms with Crippen molar-refractivity contribution in [1.82, 2.24) is 10.2 Å². The van der Waals surface area contributed by atoms with Crippen molar-refractivity contribution in [2.75, 3.05) is 13.1 Å². The van der Waals surface area contributed by atoms with Gasteiger partial charge >= 0.3 is 6.09 Å². The number of carbonyl (C=O) groups excluding carboxylic acids is 1. The predicted molar refractivity (Wildman–Crippen MR) is 159 cm³/mol. The maximum atomic E-state index is 14.4. The molecule has 0 aromatic heterocycles. The molecule has 6 nitrogen and oxygen atoms in total. The van der Waals surface area contributed by atoms with Crippen LogP contribution in [0.25, 0.3) is 22.3 Å². The zero-order valence-electron chi connectivity index (χ0n) is 23.7. The number of amides is 1. The van der Waals surface area contributed by atoms with Crippen LogP contribution in [-0.4, -0.2) is 65.5 Å². The smallest absolute Gasteiger partial charge is 0.410 e. The molecule has 1 N–H and O–H groups in total. The lowest BCUT2D eigenvalue weighted by molar-refractivity contribution is 0.0256. The van der Waals surface area contributed by atoms with Gasteiger partial charge in [-0.25, -0.2) is 13.6 Å². The van der Waals surface area contributed by atoms with E-state index in [1.165, 1.54) is 4.90 Å². The highest BCUT2D eigenvalue weighted by Crippen LogP contribution is 2.33. The lowest BCUT2D eigenvalue weighted by Gasteiger charge is -2.28. The third kappa shape index (κ3) is 6.03. The van der Waals surface area contributed by atoms with E-state index in [0.717, 1.165) is 51.2 Å². The van der Waals surface area contributed by atoms with Crippen LogP contribution in [-0.2, 0) is 4.74 Å². The number of hydrogen-bond acceptors (Lipinski definition) is 5. The molecule has 4 aliphatic rings. The highest BCUT2D eigenvalue weighted by Gasteiger charge is 2.41.